The minimum atomic E-state index is -0.813. The Hall–Kier alpha value is -2.80. The van der Waals surface area contributed by atoms with Crippen molar-refractivity contribution >= 4 is 11.8 Å². The summed E-state index contributed by atoms with van der Waals surface area (Å²) in [4.78, 5) is 28.8. The molecule has 1 unspecified atom stereocenters. The van der Waals surface area contributed by atoms with Gasteiger partial charge in [0.25, 0.3) is 5.91 Å². The SMILES string of the molecule is O=C(NCC(=O)N1CCC(N2CCC(c3ccccc3)CC2)C1)c1cc(F)ccc1F. The molecule has 4 rings (SSSR count). The van der Waals surface area contributed by atoms with Crippen LogP contribution in [0.4, 0.5) is 8.78 Å². The lowest BCUT2D eigenvalue weighted by Gasteiger charge is -2.36. The molecule has 2 aliphatic heterocycles. The van der Waals surface area contributed by atoms with Crippen molar-refractivity contribution in [2.75, 3.05) is 32.7 Å². The summed E-state index contributed by atoms with van der Waals surface area (Å²) in [6.07, 6.45) is 3.14. The Kier molecular flexibility index (Phi) is 6.61. The molecule has 0 aromatic heterocycles. The van der Waals surface area contributed by atoms with E-state index in [0.717, 1.165) is 50.6 Å². The third-order valence-corrected chi connectivity index (χ3v) is 6.41. The predicted molar refractivity (Wildman–Crippen MR) is 114 cm³/mol. The van der Waals surface area contributed by atoms with Gasteiger partial charge < -0.3 is 10.2 Å². The summed E-state index contributed by atoms with van der Waals surface area (Å²) in [7, 11) is 0. The van der Waals surface area contributed by atoms with Gasteiger partial charge in [-0.15, -0.1) is 0 Å². The van der Waals surface area contributed by atoms with E-state index in [0.29, 0.717) is 25.0 Å². The highest BCUT2D eigenvalue weighted by Crippen LogP contribution is 2.30. The molecule has 2 aromatic carbocycles. The molecular weight excluding hydrogens is 400 g/mol. The van der Waals surface area contributed by atoms with E-state index in [4.69, 9.17) is 0 Å². The molecule has 2 amide bonds. The number of nitrogens with one attached hydrogen (secondary N) is 1. The largest absolute Gasteiger partial charge is 0.343 e. The Bertz CT molecular complexity index is 930. The van der Waals surface area contributed by atoms with Crippen LogP contribution in [0.1, 0.15) is 41.1 Å². The van der Waals surface area contributed by atoms with Gasteiger partial charge in [0.15, 0.2) is 0 Å². The molecule has 7 heteroatoms. The van der Waals surface area contributed by atoms with E-state index in [1.165, 1.54) is 5.56 Å². The van der Waals surface area contributed by atoms with E-state index < -0.39 is 23.1 Å². The summed E-state index contributed by atoms with van der Waals surface area (Å²) in [6.45, 7) is 3.09. The molecule has 0 saturated carbocycles. The minimum Gasteiger partial charge on any atom is -0.343 e. The number of piperidine rings is 1. The molecule has 1 N–H and O–H groups in total. The fourth-order valence-corrected chi connectivity index (χ4v) is 4.62. The molecule has 164 valence electrons. The van der Waals surface area contributed by atoms with Gasteiger partial charge in [0.05, 0.1) is 12.1 Å². The second kappa shape index (κ2) is 9.56. The highest BCUT2D eigenvalue weighted by molar-refractivity contribution is 5.96. The topological polar surface area (TPSA) is 52.7 Å². The van der Waals surface area contributed by atoms with Crippen LogP contribution in [0.2, 0.25) is 0 Å². The molecule has 0 bridgehead atoms. The molecule has 2 heterocycles. The molecule has 1 atom stereocenters. The number of hydrogen-bond acceptors (Lipinski definition) is 3. The summed E-state index contributed by atoms with van der Waals surface area (Å²) < 4.78 is 27.0. The van der Waals surface area contributed by atoms with Gasteiger partial charge in [-0.3, -0.25) is 14.5 Å². The van der Waals surface area contributed by atoms with Crippen molar-refractivity contribution < 1.29 is 18.4 Å². The molecule has 5 nitrogen and oxygen atoms in total. The molecule has 31 heavy (non-hydrogen) atoms. The monoisotopic (exact) mass is 427 g/mol. The van der Waals surface area contributed by atoms with Crippen molar-refractivity contribution in [3.8, 4) is 0 Å². The second-order valence-corrected chi connectivity index (χ2v) is 8.31. The number of rotatable bonds is 5. The van der Waals surface area contributed by atoms with Crippen LogP contribution in [0.3, 0.4) is 0 Å². The maximum absolute atomic E-state index is 13.7. The zero-order valence-electron chi connectivity index (χ0n) is 17.4. The van der Waals surface area contributed by atoms with E-state index >= 15 is 0 Å². The van der Waals surface area contributed by atoms with Crippen LogP contribution in [-0.2, 0) is 4.79 Å². The van der Waals surface area contributed by atoms with Crippen molar-refractivity contribution in [2.45, 2.75) is 31.2 Å². The molecule has 2 aromatic rings. The van der Waals surface area contributed by atoms with E-state index in [9.17, 15) is 18.4 Å². The average molecular weight is 427 g/mol. The quantitative estimate of drug-likeness (QED) is 0.798. The fourth-order valence-electron chi connectivity index (χ4n) is 4.62. The minimum absolute atomic E-state index is 0.202. The van der Waals surface area contributed by atoms with Gasteiger partial charge in [0.2, 0.25) is 5.91 Å². The molecule has 0 aliphatic carbocycles. The number of likely N-dealkylation sites (tertiary alicyclic amines) is 2. The number of halogens is 2. The Morgan fingerprint density at radius 1 is 0.968 bits per heavy atom. The first-order valence-electron chi connectivity index (χ1n) is 10.8. The van der Waals surface area contributed by atoms with Gasteiger partial charge >= 0.3 is 0 Å². The molecular formula is C24H27F2N3O2. The van der Waals surface area contributed by atoms with Gasteiger partial charge in [0, 0.05) is 19.1 Å². The first-order valence-corrected chi connectivity index (χ1v) is 10.8. The first-order chi connectivity index (χ1) is 15.0. The van der Waals surface area contributed by atoms with Gasteiger partial charge in [-0.05, 0) is 62.0 Å². The fraction of sp³-hybridized carbons (Fsp3) is 0.417. The molecule has 0 spiro atoms. The zero-order valence-corrected chi connectivity index (χ0v) is 17.4. The molecule has 0 radical (unpaired) electrons. The van der Waals surface area contributed by atoms with Crippen LogP contribution in [0, 0.1) is 11.6 Å². The Morgan fingerprint density at radius 3 is 2.45 bits per heavy atom. The van der Waals surface area contributed by atoms with Gasteiger partial charge in [-0.2, -0.15) is 0 Å². The van der Waals surface area contributed by atoms with Crippen molar-refractivity contribution in [1.29, 1.82) is 0 Å². The smallest absolute Gasteiger partial charge is 0.254 e. The van der Waals surface area contributed by atoms with Crippen LogP contribution >= 0.6 is 0 Å². The lowest BCUT2D eigenvalue weighted by atomic mass is 9.89. The maximum Gasteiger partial charge on any atom is 0.254 e. The van der Waals surface area contributed by atoms with Crippen molar-refractivity contribution in [3.05, 3.63) is 71.3 Å². The van der Waals surface area contributed by atoms with Crippen LogP contribution in [-0.4, -0.2) is 60.4 Å². The van der Waals surface area contributed by atoms with E-state index in [1.54, 1.807) is 4.90 Å². The standard InChI is InChI=1S/C24H27F2N3O2/c25-19-6-7-22(26)21(14-19)24(31)27-15-23(30)29-13-10-20(16-29)28-11-8-18(9-12-28)17-4-2-1-3-5-17/h1-7,14,18,20H,8-13,15-16H2,(H,27,31). The number of hydrogen-bond donors (Lipinski definition) is 1. The van der Waals surface area contributed by atoms with Crippen LogP contribution in [0.15, 0.2) is 48.5 Å². The van der Waals surface area contributed by atoms with Crippen LogP contribution in [0.5, 0.6) is 0 Å². The second-order valence-electron chi connectivity index (χ2n) is 8.31. The van der Waals surface area contributed by atoms with Crippen LogP contribution < -0.4 is 5.32 Å². The first kappa shape index (κ1) is 21.4. The van der Waals surface area contributed by atoms with Gasteiger partial charge in [0.1, 0.15) is 11.6 Å². The summed E-state index contributed by atoms with van der Waals surface area (Å²) in [5.74, 6) is -1.91. The normalized spacial score (nSPS) is 20.1. The summed E-state index contributed by atoms with van der Waals surface area (Å²) in [5, 5.41) is 2.41. The van der Waals surface area contributed by atoms with E-state index in [2.05, 4.69) is 34.5 Å². The predicted octanol–water partition coefficient (Wildman–Crippen LogP) is 3.18. The van der Waals surface area contributed by atoms with Crippen molar-refractivity contribution in [1.82, 2.24) is 15.1 Å². The Labute approximate surface area is 181 Å². The zero-order chi connectivity index (χ0) is 21.8. The summed E-state index contributed by atoms with van der Waals surface area (Å²) in [6, 6.07) is 13.6. The number of nitrogens with zero attached hydrogens (tertiary/aromatic N) is 2. The number of carbonyl (C=O) groups is 2. The number of carbonyl (C=O) groups excluding carboxylic acids is 2. The lowest BCUT2D eigenvalue weighted by molar-refractivity contribution is -0.129. The van der Waals surface area contributed by atoms with E-state index in [1.807, 2.05) is 6.07 Å². The Morgan fingerprint density at radius 2 is 1.71 bits per heavy atom. The highest BCUT2D eigenvalue weighted by Gasteiger charge is 2.32. The molecule has 2 saturated heterocycles. The highest BCUT2D eigenvalue weighted by atomic mass is 19.1. The number of benzene rings is 2. The average Bonchev–Trinajstić information content (AvgIpc) is 3.30. The van der Waals surface area contributed by atoms with Crippen molar-refractivity contribution in [2.24, 2.45) is 0 Å². The van der Waals surface area contributed by atoms with E-state index in [-0.39, 0.29) is 12.5 Å². The third kappa shape index (κ3) is 5.10. The van der Waals surface area contributed by atoms with Gasteiger partial charge in [-0.1, -0.05) is 30.3 Å². The van der Waals surface area contributed by atoms with Crippen LogP contribution in [0.25, 0.3) is 0 Å². The molecule has 2 aliphatic rings. The third-order valence-electron chi connectivity index (χ3n) is 6.41. The Balaban J connectivity index is 1.24. The van der Waals surface area contributed by atoms with Crippen molar-refractivity contribution in [3.63, 3.8) is 0 Å². The summed E-state index contributed by atoms with van der Waals surface area (Å²) in [5.41, 5.74) is 1.00. The number of amides is 2. The maximum atomic E-state index is 13.7. The lowest BCUT2D eigenvalue weighted by Crippen LogP contribution is -2.44. The summed E-state index contributed by atoms with van der Waals surface area (Å²) >= 11 is 0. The molecule has 2 fully saturated rings. The van der Waals surface area contributed by atoms with Gasteiger partial charge in [-0.25, -0.2) is 8.78 Å².